The number of halogens is 2. The van der Waals surface area contributed by atoms with E-state index in [1.807, 2.05) is 0 Å². The number of rotatable bonds is 6. The van der Waals surface area contributed by atoms with Crippen LogP contribution in [-0.4, -0.2) is 27.2 Å². The van der Waals surface area contributed by atoms with E-state index in [0.717, 1.165) is 0 Å². The molecule has 0 aliphatic heterocycles. The van der Waals surface area contributed by atoms with Crippen LogP contribution in [0.2, 0.25) is 0 Å². The lowest BCUT2D eigenvalue weighted by molar-refractivity contribution is -0.111. The molecule has 0 unspecified atom stereocenters. The molecule has 1 amide bonds. The van der Waals surface area contributed by atoms with Crippen molar-refractivity contribution < 1.29 is 23.4 Å². The number of methoxy groups -OCH3 is 3. The Hall–Kier alpha value is -2.54. The summed E-state index contributed by atoms with van der Waals surface area (Å²) in [5.41, 5.74) is 0.712. The van der Waals surface area contributed by atoms with E-state index in [1.165, 1.54) is 39.5 Å². The first kappa shape index (κ1) is 18.8. The molecular formula is C18H17BrFNO4. The second kappa shape index (κ2) is 8.53. The predicted molar refractivity (Wildman–Crippen MR) is 97.9 cm³/mol. The maximum absolute atomic E-state index is 13.8. The summed E-state index contributed by atoms with van der Waals surface area (Å²) in [6.07, 6.45) is 2.83. The van der Waals surface area contributed by atoms with Crippen LogP contribution < -0.4 is 19.5 Å². The van der Waals surface area contributed by atoms with E-state index in [1.54, 1.807) is 24.3 Å². The molecule has 0 aromatic heterocycles. The van der Waals surface area contributed by atoms with Gasteiger partial charge in [0.2, 0.25) is 5.91 Å². The molecule has 0 radical (unpaired) electrons. The average Bonchev–Trinajstić information content (AvgIpc) is 2.61. The molecular weight excluding hydrogens is 393 g/mol. The maximum Gasteiger partial charge on any atom is 0.248 e. The van der Waals surface area contributed by atoms with Gasteiger partial charge in [0.05, 0.1) is 27.0 Å². The van der Waals surface area contributed by atoms with Gasteiger partial charge < -0.3 is 19.5 Å². The van der Waals surface area contributed by atoms with Gasteiger partial charge >= 0.3 is 0 Å². The van der Waals surface area contributed by atoms with Crippen molar-refractivity contribution in [1.82, 2.24) is 0 Å². The van der Waals surface area contributed by atoms with E-state index in [2.05, 4.69) is 21.2 Å². The molecule has 2 aromatic rings. The Morgan fingerprint density at radius 1 is 1.04 bits per heavy atom. The van der Waals surface area contributed by atoms with Crippen LogP contribution in [0.25, 0.3) is 6.08 Å². The molecule has 0 aliphatic carbocycles. The van der Waals surface area contributed by atoms with Crippen LogP contribution in [0.4, 0.5) is 10.1 Å². The Kier molecular flexibility index (Phi) is 6.41. The molecule has 0 aliphatic rings. The van der Waals surface area contributed by atoms with E-state index >= 15 is 0 Å². The lowest BCUT2D eigenvalue weighted by atomic mass is 10.1. The highest BCUT2D eigenvalue weighted by Gasteiger charge is 2.11. The molecule has 0 fully saturated rings. The monoisotopic (exact) mass is 409 g/mol. The van der Waals surface area contributed by atoms with Crippen LogP contribution in [-0.2, 0) is 4.79 Å². The molecule has 5 nitrogen and oxygen atoms in total. The van der Waals surface area contributed by atoms with Crippen LogP contribution >= 0.6 is 15.9 Å². The second-order valence-corrected chi connectivity index (χ2v) is 5.81. The zero-order valence-corrected chi connectivity index (χ0v) is 15.5. The number of hydrogen-bond acceptors (Lipinski definition) is 4. The molecule has 7 heteroatoms. The summed E-state index contributed by atoms with van der Waals surface area (Å²) in [7, 11) is 4.55. The number of hydrogen-bond donors (Lipinski definition) is 1. The van der Waals surface area contributed by atoms with Gasteiger partial charge in [-0.1, -0.05) is 15.9 Å². The highest BCUT2D eigenvalue weighted by atomic mass is 79.9. The molecule has 2 rings (SSSR count). The third-order valence-corrected chi connectivity index (χ3v) is 3.83. The van der Waals surface area contributed by atoms with Crippen LogP contribution in [0.15, 0.2) is 40.9 Å². The summed E-state index contributed by atoms with van der Waals surface area (Å²) in [4.78, 5) is 12.0. The highest BCUT2D eigenvalue weighted by Crippen LogP contribution is 2.35. The molecule has 0 heterocycles. The lowest BCUT2D eigenvalue weighted by Crippen LogP contribution is -2.09. The number of carbonyl (C=O) groups is 1. The van der Waals surface area contributed by atoms with E-state index in [9.17, 15) is 9.18 Å². The fourth-order valence-corrected chi connectivity index (χ4v) is 2.45. The van der Waals surface area contributed by atoms with Crippen molar-refractivity contribution in [2.45, 2.75) is 0 Å². The van der Waals surface area contributed by atoms with Crippen molar-refractivity contribution in [2.24, 2.45) is 0 Å². The first-order valence-electron chi connectivity index (χ1n) is 7.22. The fourth-order valence-electron chi connectivity index (χ4n) is 2.11. The van der Waals surface area contributed by atoms with Crippen LogP contribution in [0.3, 0.4) is 0 Å². The van der Waals surface area contributed by atoms with Crippen molar-refractivity contribution >= 4 is 33.6 Å². The fraction of sp³-hybridized carbons (Fsp3) is 0.167. The van der Waals surface area contributed by atoms with Gasteiger partial charge in [0.25, 0.3) is 0 Å². The summed E-state index contributed by atoms with van der Waals surface area (Å²) in [6, 6.07) is 7.73. The topological polar surface area (TPSA) is 56.8 Å². The summed E-state index contributed by atoms with van der Waals surface area (Å²) in [5.74, 6) is 0.523. The minimum absolute atomic E-state index is 0.0946. The van der Waals surface area contributed by atoms with E-state index < -0.39 is 11.7 Å². The molecule has 25 heavy (non-hydrogen) atoms. The van der Waals surface area contributed by atoms with Gasteiger partial charge in [0, 0.05) is 22.2 Å². The van der Waals surface area contributed by atoms with Crippen molar-refractivity contribution in [3.05, 3.63) is 52.3 Å². The van der Waals surface area contributed by atoms with E-state index in [4.69, 9.17) is 14.2 Å². The van der Waals surface area contributed by atoms with Crippen molar-refractivity contribution in [3.63, 3.8) is 0 Å². The number of carbonyl (C=O) groups excluding carboxylic acids is 1. The van der Waals surface area contributed by atoms with Gasteiger partial charge in [-0.05, 0) is 30.3 Å². The predicted octanol–water partition coefficient (Wildman–Crippen LogP) is 4.27. The summed E-state index contributed by atoms with van der Waals surface area (Å²) in [6.45, 7) is 0. The summed E-state index contributed by atoms with van der Waals surface area (Å²) < 4.78 is 30.1. The third-order valence-electron chi connectivity index (χ3n) is 3.34. The van der Waals surface area contributed by atoms with Crippen molar-refractivity contribution in [3.8, 4) is 17.2 Å². The van der Waals surface area contributed by atoms with E-state index in [0.29, 0.717) is 27.3 Å². The molecule has 0 spiro atoms. The normalized spacial score (nSPS) is 10.6. The van der Waals surface area contributed by atoms with E-state index in [-0.39, 0.29) is 5.69 Å². The number of nitrogens with one attached hydrogen (secondary N) is 1. The maximum atomic E-state index is 13.8. The molecule has 0 bridgehead atoms. The largest absolute Gasteiger partial charge is 0.496 e. The second-order valence-electron chi connectivity index (χ2n) is 4.90. The van der Waals surface area contributed by atoms with Crippen molar-refractivity contribution in [1.29, 1.82) is 0 Å². The van der Waals surface area contributed by atoms with Gasteiger partial charge in [0.1, 0.15) is 11.6 Å². The zero-order chi connectivity index (χ0) is 18.4. The van der Waals surface area contributed by atoms with Gasteiger partial charge in [-0.2, -0.15) is 0 Å². The molecule has 132 valence electrons. The van der Waals surface area contributed by atoms with Gasteiger partial charge in [0.15, 0.2) is 11.5 Å². The summed E-state index contributed by atoms with van der Waals surface area (Å²) >= 11 is 3.16. The number of amides is 1. The molecule has 0 saturated heterocycles. The Morgan fingerprint density at radius 3 is 2.28 bits per heavy atom. The Labute approximate surface area is 153 Å². The third kappa shape index (κ3) is 4.73. The number of anilines is 1. The highest BCUT2D eigenvalue weighted by molar-refractivity contribution is 9.10. The molecule has 2 aromatic carbocycles. The minimum Gasteiger partial charge on any atom is -0.496 e. The molecule has 0 saturated carbocycles. The van der Waals surface area contributed by atoms with Gasteiger partial charge in [-0.15, -0.1) is 0 Å². The Balaban J connectivity index is 2.21. The SMILES string of the molecule is COc1cc(OC)c(OC)cc1C=CC(=O)Nc1ccc(Br)cc1F. The first-order chi connectivity index (χ1) is 12.0. The standard InChI is InChI=1S/C18H17BrFNO4/c1-23-15-10-17(25-3)16(24-2)8-11(15)4-7-18(22)21-14-6-5-12(19)9-13(14)20/h4-10H,1-3H3,(H,21,22). The Bertz CT molecular complexity index is 808. The minimum atomic E-state index is -0.528. The van der Waals surface area contributed by atoms with Gasteiger partial charge in [-0.25, -0.2) is 4.39 Å². The van der Waals surface area contributed by atoms with Crippen molar-refractivity contribution in [2.75, 3.05) is 26.6 Å². The number of ether oxygens (including phenoxy) is 3. The smallest absolute Gasteiger partial charge is 0.248 e. The zero-order valence-electron chi connectivity index (χ0n) is 13.9. The van der Waals surface area contributed by atoms with Crippen LogP contribution in [0, 0.1) is 5.82 Å². The quantitative estimate of drug-likeness (QED) is 0.723. The number of benzene rings is 2. The average molecular weight is 410 g/mol. The van der Waals surface area contributed by atoms with Crippen LogP contribution in [0.1, 0.15) is 5.56 Å². The molecule has 1 N–H and O–H groups in total. The summed E-state index contributed by atoms with van der Waals surface area (Å²) in [5, 5.41) is 2.48. The van der Waals surface area contributed by atoms with Gasteiger partial charge in [-0.3, -0.25) is 4.79 Å². The molecule has 0 atom stereocenters. The first-order valence-corrected chi connectivity index (χ1v) is 8.02. The Morgan fingerprint density at radius 2 is 1.68 bits per heavy atom. The lowest BCUT2D eigenvalue weighted by Gasteiger charge is -2.12. The van der Waals surface area contributed by atoms with Crippen LogP contribution in [0.5, 0.6) is 17.2 Å².